The highest BCUT2D eigenvalue weighted by atomic mass is 19.4. The number of hydrogen-bond donors (Lipinski definition) is 2. The van der Waals surface area contributed by atoms with Crippen LogP contribution in [0.15, 0.2) is 53.8 Å². The van der Waals surface area contributed by atoms with Gasteiger partial charge in [-0.1, -0.05) is 42.5 Å². The van der Waals surface area contributed by atoms with E-state index in [-0.39, 0.29) is 25.3 Å². The van der Waals surface area contributed by atoms with E-state index in [1.807, 2.05) is 36.4 Å². The maximum absolute atomic E-state index is 12.7. The molecule has 7 heteroatoms. The van der Waals surface area contributed by atoms with Crippen molar-refractivity contribution in [3.8, 4) is 0 Å². The number of nitrogens with one attached hydrogen (secondary N) is 1. The highest BCUT2D eigenvalue weighted by molar-refractivity contribution is 5.65. The van der Waals surface area contributed by atoms with Gasteiger partial charge in [0.15, 0.2) is 0 Å². The summed E-state index contributed by atoms with van der Waals surface area (Å²) in [6.07, 6.45) is 0.151. The van der Waals surface area contributed by atoms with E-state index in [9.17, 15) is 18.0 Å². The van der Waals surface area contributed by atoms with Crippen molar-refractivity contribution in [1.29, 1.82) is 0 Å². The highest BCUT2D eigenvalue weighted by Crippen LogP contribution is 2.37. The van der Waals surface area contributed by atoms with Crippen molar-refractivity contribution in [1.82, 2.24) is 5.32 Å². The summed E-state index contributed by atoms with van der Waals surface area (Å²) >= 11 is 0. The minimum absolute atomic E-state index is 0.0336. The van der Waals surface area contributed by atoms with Gasteiger partial charge in [0.1, 0.15) is 6.10 Å². The molecule has 0 spiro atoms. The van der Waals surface area contributed by atoms with Crippen molar-refractivity contribution in [3.05, 3.63) is 65.0 Å². The van der Waals surface area contributed by atoms with Gasteiger partial charge in [-0.2, -0.15) is 13.2 Å². The molecule has 2 aliphatic rings. The average molecular weight is 365 g/mol. The molecule has 0 radical (unpaired) electrons. The van der Waals surface area contributed by atoms with Crippen LogP contribution in [0.3, 0.4) is 0 Å². The maximum atomic E-state index is 12.7. The largest absolute Gasteiger partial charge is 0.492 e. The second-order valence-corrected chi connectivity index (χ2v) is 6.18. The molecule has 0 aliphatic heterocycles. The molecule has 2 unspecified atom stereocenters. The molecule has 0 heterocycles. The third kappa shape index (κ3) is 4.09. The molecule has 26 heavy (non-hydrogen) atoms. The smallest absolute Gasteiger partial charge is 0.412 e. The number of benzene rings is 1. The molecule has 2 N–H and O–H groups in total. The normalized spacial score (nSPS) is 20.0. The molecular formula is C19H18F3NO3. The maximum Gasteiger partial charge on any atom is 0.412 e. The highest BCUT2D eigenvalue weighted by Gasteiger charge is 2.35. The van der Waals surface area contributed by atoms with Gasteiger partial charge < -0.3 is 15.2 Å². The standard InChI is InChI=1S/C19H18F3NO3/c20-19(21,22)13-6-8-14(9-7-13)26-17(11-23-18(24)25)16-10-5-12-3-1-2-4-15(12)16/h1-6,8,10,16-17,23H,7,9,11H2,(H,24,25). The van der Waals surface area contributed by atoms with E-state index in [4.69, 9.17) is 9.84 Å². The summed E-state index contributed by atoms with van der Waals surface area (Å²) in [7, 11) is 0. The SMILES string of the molecule is O=C(O)NCC(OC1=CC=C(C(F)(F)F)CC1)C1C=Cc2ccccc21. The van der Waals surface area contributed by atoms with E-state index in [2.05, 4.69) is 5.32 Å². The molecule has 0 saturated heterocycles. The monoisotopic (exact) mass is 365 g/mol. The molecule has 2 aliphatic carbocycles. The summed E-state index contributed by atoms with van der Waals surface area (Å²) in [5, 5.41) is 11.2. The summed E-state index contributed by atoms with van der Waals surface area (Å²) in [6.45, 7) is 0.0336. The molecule has 0 aromatic heterocycles. The van der Waals surface area contributed by atoms with Crippen LogP contribution < -0.4 is 5.32 Å². The number of carboxylic acid groups (broad SMARTS) is 1. The van der Waals surface area contributed by atoms with Gasteiger partial charge in [0.05, 0.1) is 12.3 Å². The number of halogens is 3. The van der Waals surface area contributed by atoms with Gasteiger partial charge in [-0.3, -0.25) is 0 Å². The number of hydrogen-bond acceptors (Lipinski definition) is 2. The van der Waals surface area contributed by atoms with Gasteiger partial charge in [0, 0.05) is 17.9 Å². The van der Waals surface area contributed by atoms with Crippen LogP contribution in [-0.2, 0) is 4.74 Å². The zero-order valence-corrected chi connectivity index (χ0v) is 13.8. The van der Waals surface area contributed by atoms with Crippen molar-refractivity contribution in [2.24, 2.45) is 0 Å². The molecule has 0 fully saturated rings. The van der Waals surface area contributed by atoms with Crippen LogP contribution in [0.2, 0.25) is 0 Å². The quantitative estimate of drug-likeness (QED) is 0.801. The molecule has 4 nitrogen and oxygen atoms in total. The summed E-state index contributed by atoms with van der Waals surface area (Å²) in [5.41, 5.74) is 1.45. The van der Waals surface area contributed by atoms with Crippen LogP contribution in [0.4, 0.5) is 18.0 Å². The molecular weight excluding hydrogens is 347 g/mol. The zero-order chi connectivity index (χ0) is 18.7. The van der Waals surface area contributed by atoms with Gasteiger partial charge >= 0.3 is 12.3 Å². The lowest BCUT2D eigenvalue weighted by Gasteiger charge is -2.27. The number of fused-ring (bicyclic) bond motifs is 1. The van der Waals surface area contributed by atoms with Crippen LogP contribution in [-0.4, -0.2) is 30.0 Å². The Balaban J connectivity index is 1.78. The van der Waals surface area contributed by atoms with Gasteiger partial charge in [-0.25, -0.2) is 4.79 Å². The summed E-state index contributed by atoms with van der Waals surface area (Å²) in [4.78, 5) is 10.9. The topological polar surface area (TPSA) is 58.6 Å². The first-order chi connectivity index (χ1) is 12.3. The number of rotatable bonds is 5. The lowest BCUT2D eigenvalue weighted by molar-refractivity contribution is -0.0945. The first-order valence-electron chi connectivity index (χ1n) is 8.22. The Morgan fingerprint density at radius 2 is 2.04 bits per heavy atom. The van der Waals surface area contributed by atoms with Crippen molar-refractivity contribution in [2.45, 2.75) is 31.0 Å². The van der Waals surface area contributed by atoms with Crippen LogP contribution in [0.5, 0.6) is 0 Å². The molecule has 0 bridgehead atoms. The number of amides is 1. The van der Waals surface area contributed by atoms with Crippen molar-refractivity contribution >= 4 is 12.2 Å². The summed E-state index contributed by atoms with van der Waals surface area (Å²) in [6, 6.07) is 7.68. The first kappa shape index (κ1) is 18.1. The predicted molar refractivity (Wildman–Crippen MR) is 90.6 cm³/mol. The Morgan fingerprint density at radius 1 is 1.27 bits per heavy atom. The van der Waals surface area contributed by atoms with E-state index < -0.39 is 23.9 Å². The third-order valence-corrected chi connectivity index (χ3v) is 4.47. The Morgan fingerprint density at radius 3 is 2.69 bits per heavy atom. The summed E-state index contributed by atoms with van der Waals surface area (Å²) < 4.78 is 44.1. The Bertz CT molecular complexity index is 780. The van der Waals surface area contributed by atoms with Crippen molar-refractivity contribution in [3.63, 3.8) is 0 Å². The van der Waals surface area contributed by atoms with E-state index in [0.717, 1.165) is 17.2 Å². The van der Waals surface area contributed by atoms with E-state index in [1.54, 1.807) is 0 Å². The average Bonchev–Trinajstić information content (AvgIpc) is 3.02. The van der Waals surface area contributed by atoms with Crippen LogP contribution in [0.25, 0.3) is 6.08 Å². The Kier molecular flexibility index (Phi) is 5.06. The Hall–Kier alpha value is -2.70. The van der Waals surface area contributed by atoms with E-state index in [1.165, 1.54) is 6.08 Å². The lowest BCUT2D eigenvalue weighted by atomic mass is 9.94. The van der Waals surface area contributed by atoms with Gasteiger partial charge in [0.2, 0.25) is 0 Å². The van der Waals surface area contributed by atoms with Crippen LogP contribution in [0, 0.1) is 0 Å². The minimum Gasteiger partial charge on any atom is -0.492 e. The number of carbonyl (C=O) groups is 1. The van der Waals surface area contributed by atoms with Crippen LogP contribution >= 0.6 is 0 Å². The fourth-order valence-electron chi connectivity index (χ4n) is 3.18. The van der Waals surface area contributed by atoms with E-state index in [0.29, 0.717) is 5.76 Å². The predicted octanol–water partition coefficient (Wildman–Crippen LogP) is 4.62. The zero-order valence-electron chi connectivity index (χ0n) is 13.8. The molecule has 1 aromatic carbocycles. The van der Waals surface area contributed by atoms with Crippen molar-refractivity contribution < 1.29 is 27.8 Å². The number of ether oxygens (including phenoxy) is 1. The van der Waals surface area contributed by atoms with Gasteiger partial charge in [-0.05, 0) is 23.6 Å². The lowest BCUT2D eigenvalue weighted by Crippen LogP contribution is -2.36. The minimum atomic E-state index is -4.33. The fraction of sp³-hybridized carbons (Fsp3) is 0.316. The van der Waals surface area contributed by atoms with E-state index >= 15 is 0 Å². The molecule has 138 valence electrons. The molecule has 1 amide bonds. The molecule has 0 saturated carbocycles. The molecule has 3 rings (SSSR count). The Labute approximate surface area is 148 Å². The fourth-order valence-corrected chi connectivity index (χ4v) is 3.18. The first-order valence-corrected chi connectivity index (χ1v) is 8.22. The van der Waals surface area contributed by atoms with Gasteiger partial charge in [0.25, 0.3) is 0 Å². The second kappa shape index (κ2) is 7.27. The van der Waals surface area contributed by atoms with Gasteiger partial charge in [-0.15, -0.1) is 0 Å². The second-order valence-electron chi connectivity index (χ2n) is 6.18. The number of allylic oxidation sites excluding steroid dienone is 4. The van der Waals surface area contributed by atoms with Crippen LogP contribution in [0.1, 0.15) is 29.9 Å². The number of alkyl halides is 3. The van der Waals surface area contributed by atoms with Crippen molar-refractivity contribution in [2.75, 3.05) is 6.54 Å². The summed E-state index contributed by atoms with van der Waals surface area (Å²) in [5.74, 6) is 0.250. The molecule has 2 atom stereocenters. The third-order valence-electron chi connectivity index (χ3n) is 4.47. The molecule has 1 aromatic rings.